The number of carbonyl (C=O) groups is 1. The number of ether oxygens (including phenoxy) is 1. The molecule has 1 aromatic carbocycles. The highest BCUT2D eigenvalue weighted by molar-refractivity contribution is 7.89. The molecule has 0 saturated heterocycles. The van der Waals surface area contributed by atoms with Crippen molar-refractivity contribution in [2.24, 2.45) is 11.7 Å². The Balaban J connectivity index is 0.00000288. The van der Waals surface area contributed by atoms with E-state index < -0.39 is 16.0 Å². The molecule has 3 N–H and O–H groups in total. The highest BCUT2D eigenvalue weighted by Gasteiger charge is 2.28. The van der Waals surface area contributed by atoms with Crippen molar-refractivity contribution in [1.29, 1.82) is 0 Å². The zero-order valence-electron chi connectivity index (χ0n) is 13.9. The standard InChI is InChI=1S/C16H24N2O4S.ClH/c1-11-9-13(7-8-14(11)16(19)22-2)23(20,21)18-15(10-17)12-5-3-4-6-12;/h7-9,12,15,18H,3-6,10,17H2,1-2H3;1H. The molecule has 1 saturated carbocycles. The van der Waals surface area contributed by atoms with Crippen LogP contribution < -0.4 is 10.5 Å². The third-order valence-electron chi connectivity index (χ3n) is 4.44. The molecule has 1 aliphatic carbocycles. The summed E-state index contributed by atoms with van der Waals surface area (Å²) in [5.41, 5.74) is 6.68. The zero-order valence-corrected chi connectivity index (χ0v) is 15.6. The number of esters is 1. The Morgan fingerprint density at radius 2 is 2.00 bits per heavy atom. The van der Waals surface area contributed by atoms with E-state index in [0.29, 0.717) is 17.0 Å². The second-order valence-electron chi connectivity index (χ2n) is 5.98. The molecule has 136 valence electrons. The van der Waals surface area contributed by atoms with E-state index in [9.17, 15) is 13.2 Å². The van der Waals surface area contributed by atoms with Crippen LogP contribution in [0.1, 0.15) is 41.6 Å². The van der Waals surface area contributed by atoms with Crippen LogP contribution in [0.3, 0.4) is 0 Å². The Morgan fingerprint density at radius 1 is 1.38 bits per heavy atom. The number of sulfonamides is 1. The molecule has 0 bridgehead atoms. The third kappa shape index (κ3) is 4.69. The maximum Gasteiger partial charge on any atom is 0.338 e. The molecule has 1 atom stereocenters. The molecule has 0 aromatic heterocycles. The minimum atomic E-state index is -3.66. The Morgan fingerprint density at radius 3 is 2.50 bits per heavy atom. The summed E-state index contributed by atoms with van der Waals surface area (Å²) in [5.74, 6) is -0.185. The van der Waals surface area contributed by atoms with Crippen molar-refractivity contribution in [3.8, 4) is 0 Å². The highest BCUT2D eigenvalue weighted by Crippen LogP contribution is 2.28. The van der Waals surface area contributed by atoms with Gasteiger partial charge in [0.25, 0.3) is 0 Å². The number of nitrogens with one attached hydrogen (secondary N) is 1. The van der Waals surface area contributed by atoms with Crippen LogP contribution in [-0.4, -0.2) is 34.1 Å². The van der Waals surface area contributed by atoms with Crippen molar-refractivity contribution in [2.45, 2.75) is 43.5 Å². The molecule has 1 fully saturated rings. The van der Waals surface area contributed by atoms with Crippen molar-refractivity contribution >= 4 is 28.4 Å². The third-order valence-corrected chi connectivity index (χ3v) is 5.93. The van der Waals surface area contributed by atoms with Crippen LogP contribution in [0, 0.1) is 12.8 Å². The Kier molecular flexibility index (Phi) is 7.66. The van der Waals surface area contributed by atoms with E-state index in [-0.39, 0.29) is 29.9 Å². The molecule has 24 heavy (non-hydrogen) atoms. The predicted octanol–water partition coefficient (Wildman–Crippen LogP) is 2.00. The summed E-state index contributed by atoms with van der Waals surface area (Å²) in [6.07, 6.45) is 4.25. The Labute approximate surface area is 149 Å². The lowest BCUT2D eigenvalue weighted by Gasteiger charge is -2.23. The first-order chi connectivity index (χ1) is 10.9. The topological polar surface area (TPSA) is 98.5 Å². The number of hydrogen-bond acceptors (Lipinski definition) is 5. The normalized spacial score (nSPS) is 16.5. The fourth-order valence-electron chi connectivity index (χ4n) is 3.11. The van der Waals surface area contributed by atoms with Gasteiger partial charge in [0.05, 0.1) is 17.6 Å². The lowest BCUT2D eigenvalue weighted by Crippen LogP contribution is -2.44. The van der Waals surface area contributed by atoms with E-state index in [4.69, 9.17) is 5.73 Å². The van der Waals surface area contributed by atoms with E-state index in [2.05, 4.69) is 9.46 Å². The molecular formula is C16H25ClN2O4S. The first-order valence-corrected chi connectivity index (χ1v) is 9.28. The van der Waals surface area contributed by atoms with Crippen LogP contribution in [-0.2, 0) is 14.8 Å². The first kappa shape index (κ1) is 20.9. The van der Waals surface area contributed by atoms with Gasteiger partial charge in [0.1, 0.15) is 0 Å². The maximum atomic E-state index is 12.6. The summed E-state index contributed by atoms with van der Waals surface area (Å²) >= 11 is 0. The molecule has 0 heterocycles. The summed E-state index contributed by atoms with van der Waals surface area (Å²) in [6, 6.07) is 4.13. The molecule has 0 spiro atoms. The Hall–Kier alpha value is -1.15. The van der Waals surface area contributed by atoms with Crippen molar-refractivity contribution < 1.29 is 17.9 Å². The van der Waals surface area contributed by atoms with Crippen LogP contribution in [0.5, 0.6) is 0 Å². The van der Waals surface area contributed by atoms with Gasteiger partial charge >= 0.3 is 5.97 Å². The molecule has 1 aromatic rings. The van der Waals surface area contributed by atoms with Crippen LogP contribution in [0.25, 0.3) is 0 Å². The summed E-state index contributed by atoms with van der Waals surface area (Å²) in [7, 11) is -2.37. The largest absolute Gasteiger partial charge is 0.465 e. The first-order valence-electron chi connectivity index (χ1n) is 7.80. The van der Waals surface area contributed by atoms with Crippen molar-refractivity contribution in [3.05, 3.63) is 29.3 Å². The van der Waals surface area contributed by atoms with Gasteiger partial charge < -0.3 is 10.5 Å². The smallest absolute Gasteiger partial charge is 0.338 e. The van der Waals surface area contributed by atoms with Crippen LogP contribution in [0.2, 0.25) is 0 Å². The Bertz CT molecular complexity index is 673. The van der Waals surface area contributed by atoms with Gasteiger partial charge in [-0.2, -0.15) is 0 Å². The number of rotatable bonds is 6. The maximum absolute atomic E-state index is 12.6. The van der Waals surface area contributed by atoms with Gasteiger partial charge in [0.2, 0.25) is 10.0 Å². The highest BCUT2D eigenvalue weighted by atomic mass is 35.5. The molecule has 0 amide bonds. The SMILES string of the molecule is COC(=O)c1ccc(S(=O)(=O)NC(CN)C2CCCC2)cc1C.Cl. The molecule has 1 unspecified atom stereocenters. The molecule has 0 aliphatic heterocycles. The quantitative estimate of drug-likeness (QED) is 0.740. The van der Waals surface area contributed by atoms with E-state index in [1.165, 1.54) is 25.3 Å². The van der Waals surface area contributed by atoms with E-state index >= 15 is 0 Å². The fraction of sp³-hybridized carbons (Fsp3) is 0.562. The molecule has 8 heteroatoms. The van der Waals surface area contributed by atoms with Crippen molar-refractivity contribution in [1.82, 2.24) is 4.72 Å². The average molecular weight is 377 g/mol. The lowest BCUT2D eigenvalue weighted by atomic mass is 9.99. The monoisotopic (exact) mass is 376 g/mol. The minimum Gasteiger partial charge on any atom is -0.465 e. The minimum absolute atomic E-state index is 0. The van der Waals surface area contributed by atoms with Gasteiger partial charge in [0, 0.05) is 12.6 Å². The number of hydrogen-bond donors (Lipinski definition) is 2. The van der Waals surface area contributed by atoms with Crippen molar-refractivity contribution in [2.75, 3.05) is 13.7 Å². The predicted molar refractivity (Wildman–Crippen MR) is 94.9 cm³/mol. The summed E-state index contributed by atoms with van der Waals surface area (Å²) in [6.45, 7) is 1.96. The fourth-order valence-corrected chi connectivity index (χ4v) is 4.51. The number of carbonyl (C=O) groups excluding carboxylic acids is 1. The number of benzene rings is 1. The number of aryl methyl sites for hydroxylation is 1. The van der Waals surface area contributed by atoms with Gasteiger partial charge in [-0.25, -0.2) is 17.9 Å². The van der Waals surface area contributed by atoms with Crippen LogP contribution >= 0.6 is 12.4 Å². The second kappa shape index (κ2) is 8.80. The summed E-state index contributed by atoms with van der Waals surface area (Å²) in [5, 5.41) is 0. The van der Waals surface area contributed by atoms with E-state index in [0.717, 1.165) is 25.7 Å². The number of nitrogens with two attached hydrogens (primary N) is 1. The molecule has 2 rings (SSSR count). The van der Waals surface area contributed by atoms with Gasteiger partial charge in [-0.1, -0.05) is 12.8 Å². The second-order valence-corrected chi connectivity index (χ2v) is 7.69. The number of halogens is 1. The zero-order chi connectivity index (χ0) is 17.0. The molecule has 1 aliphatic rings. The van der Waals surface area contributed by atoms with Crippen LogP contribution in [0.4, 0.5) is 0 Å². The van der Waals surface area contributed by atoms with Crippen LogP contribution in [0.15, 0.2) is 23.1 Å². The lowest BCUT2D eigenvalue weighted by molar-refractivity contribution is 0.0600. The number of methoxy groups -OCH3 is 1. The van der Waals surface area contributed by atoms with Gasteiger partial charge in [-0.05, 0) is 49.4 Å². The van der Waals surface area contributed by atoms with E-state index in [1.807, 2.05) is 0 Å². The average Bonchev–Trinajstić information content (AvgIpc) is 3.06. The van der Waals surface area contributed by atoms with Gasteiger partial charge in [-0.15, -0.1) is 12.4 Å². The van der Waals surface area contributed by atoms with Gasteiger partial charge in [0.15, 0.2) is 0 Å². The summed E-state index contributed by atoms with van der Waals surface area (Å²) < 4.78 is 32.6. The van der Waals surface area contributed by atoms with E-state index in [1.54, 1.807) is 6.92 Å². The summed E-state index contributed by atoms with van der Waals surface area (Å²) in [4.78, 5) is 11.7. The molecular weight excluding hydrogens is 352 g/mol. The molecule has 6 nitrogen and oxygen atoms in total. The van der Waals surface area contributed by atoms with Crippen molar-refractivity contribution in [3.63, 3.8) is 0 Å². The van der Waals surface area contributed by atoms with Gasteiger partial charge in [-0.3, -0.25) is 0 Å². The molecule has 0 radical (unpaired) electrons.